The van der Waals surface area contributed by atoms with E-state index < -0.39 is 11.7 Å². The summed E-state index contributed by atoms with van der Waals surface area (Å²) in [6.07, 6.45) is 10.5. The van der Waals surface area contributed by atoms with E-state index in [1.807, 2.05) is 24.3 Å². The Morgan fingerprint density at radius 3 is 1.73 bits per heavy atom. The number of ether oxygens (including phenoxy) is 1. The molecule has 3 heteroatoms. The van der Waals surface area contributed by atoms with E-state index in [-0.39, 0.29) is 0 Å². The molecule has 0 fully saturated rings. The summed E-state index contributed by atoms with van der Waals surface area (Å²) in [5.41, 5.74) is 2.46. The van der Waals surface area contributed by atoms with Crippen LogP contribution in [0.25, 0.3) is 0 Å². The fraction of sp³-hybridized carbons (Fsp3) is 0.400. The highest BCUT2D eigenvalue weighted by atomic mass is 19.2. The summed E-state index contributed by atoms with van der Waals surface area (Å²) in [7, 11) is 0. The molecule has 33 heavy (non-hydrogen) atoms. The number of aryl methyl sites for hydroxylation is 1. The Morgan fingerprint density at radius 1 is 0.667 bits per heavy atom. The number of unbranched alkanes of at least 4 members (excludes halogenated alkanes) is 6. The molecule has 0 N–H and O–H groups in total. The summed E-state index contributed by atoms with van der Waals surface area (Å²) < 4.78 is 33.7. The van der Waals surface area contributed by atoms with Crippen LogP contribution in [-0.2, 0) is 6.42 Å². The SMILES string of the molecule is CCCCCCOc1ccc(C#CC(F)=C(F)C#Cc2ccc(CCCCCC)cc2)cc1. The van der Waals surface area contributed by atoms with Gasteiger partial charge >= 0.3 is 0 Å². The molecule has 0 atom stereocenters. The van der Waals surface area contributed by atoms with Crippen LogP contribution in [0.2, 0.25) is 0 Å². The number of halogens is 2. The molecule has 0 radical (unpaired) electrons. The largest absolute Gasteiger partial charge is 0.494 e. The zero-order valence-electron chi connectivity index (χ0n) is 19.9. The van der Waals surface area contributed by atoms with Crippen LogP contribution in [0.4, 0.5) is 8.78 Å². The van der Waals surface area contributed by atoms with Gasteiger partial charge in [0, 0.05) is 11.1 Å². The van der Waals surface area contributed by atoms with Gasteiger partial charge in [-0.25, -0.2) is 0 Å². The minimum absolute atomic E-state index is 0.582. The second-order valence-corrected chi connectivity index (χ2v) is 8.07. The fourth-order valence-corrected chi connectivity index (χ4v) is 3.23. The monoisotopic (exact) mass is 448 g/mol. The maximum Gasteiger partial charge on any atom is 0.217 e. The molecule has 174 valence electrons. The van der Waals surface area contributed by atoms with E-state index in [4.69, 9.17) is 4.74 Å². The molecule has 1 nitrogen and oxygen atoms in total. The lowest BCUT2D eigenvalue weighted by atomic mass is 10.0. The number of rotatable bonds is 11. The van der Waals surface area contributed by atoms with Crippen molar-refractivity contribution in [3.8, 4) is 29.4 Å². The third kappa shape index (κ3) is 10.9. The molecule has 0 unspecified atom stereocenters. The Hall–Kier alpha value is -3.04. The number of hydrogen-bond donors (Lipinski definition) is 0. The molecule has 0 aliphatic heterocycles. The fourth-order valence-electron chi connectivity index (χ4n) is 3.23. The number of allylic oxidation sites excluding steroid dienone is 2. The third-order valence-corrected chi connectivity index (χ3v) is 5.22. The van der Waals surface area contributed by atoms with E-state index in [0.29, 0.717) is 17.7 Å². The quantitative estimate of drug-likeness (QED) is 0.248. The molecular weight excluding hydrogens is 414 g/mol. The average Bonchev–Trinajstić information content (AvgIpc) is 2.85. The lowest BCUT2D eigenvalue weighted by Crippen LogP contribution is -1.96. The van der Waals surface area contributed by atoms with Crippen molar-refractivity contribution < 1.29 is 13.5 Å². The molecule has 0 saturated carbocycles. The standard InChI is InChI=1S/C30H34F2O/c1-3-5-7-9-11-25-12-14-26(15-13-25)18-22-29(31)30(32)23-19-27-16-20-28(21-17-27)33-24-10-8-6-4-2/h12-17,20-21H,3-11,24H2,1-2H3. The van der Waals surface area contributed by atoms with Crippen molar-refractivity contribution in [2.24, 2.45) is 0 Å². The summed E-state index contributed by atoms with van der Waals surface area (Å²) >= 11 is 0. The summed E-state index contributed by atoms with van der Waals surface area (Å²) in [6.45, 7) is 5.04. The van der Waals surface area contributed by atoms with Crippen molar-refractivity contribution in [3.63, 3.8) is 0 Å². The zero-order chi connectivity index (χ0) is 23.7. The van der Waals surface area contributed by atoms with Crippen molar-refractivity contribution in [2.45, 2.75) is 71.6 Å². The summed E-state index contributed by atoms with van der Waals surface area (Å²) in [5.74, 6) is 8.15. The highest BCUT2D eigenvalue weighted by molar-refractivity contribution is 5.46. The molecule has 0 bridgehead atoms. The maximum atomic E-state index is 14.0. The van der Waals surface area contributed by atoms with E-state index in [2.05, 4.69) is 37.5 Å². The number of hydrogen-bond acceptors (Lipinski definition) is 1. The Kier molecular flexibility index (Phi) is 12.5. The summed E-state index contributed by atoms with van der Waals surface area (Å²) in [5, 5.41) is 0. The molecule has 2 aromatic carbocycles. The molecule has 2 rings (SSSR count). The van der Waals surface area contributed by atoms with Gasteiger partial charge in [0.1, 0.15) is 5.75 Å². The Bertz CT molecular complexity index is 980. The average molecular weight is 449 g/mol. The highest BCUT2D eigenvalue weighted by Gasteiger charge is 2.00. The van der Waals surface area contributed by atoms with Gasteiger partial charge in [0.05, 0.1) is 6.61 Å². The van der Waals surface area contributed by atoms with Crippen LogP contribution in [-0.4, -0.2) is 6.61 Å². The maximum absolute atomic E-state index is 14.0. The lowest BCUT2D eigenvalue weighted by molar-refractivity contribution is 0.305. The molecule has 0 heterocycles. The van der Waals surface area contributed by atoms with Crippen molar-refractivity contribution in [3.05, 3.63) is 76.9 Å². The van der Waals surface area contributed by atoms with Crippen molar-refractivity contribution in [2.75, 3.05) is 6.61 Å². The van der Waals surface area contributed by atoms with Crippen LogP contribution >= 0.6 is 0 Å². The van der Waals surface area contributed by atoms with Crippen molar-refractivity contribution >= 4 is 0 Å². The Labute approximate surface area is 198 Å². The first-order valence-electron chi connectivity index (χ1n) is 12.0. The van der Waals surface area contributed by atoms with Gasteiger partial charge in [0.15, 0.2) is 0 Å². The highest BCUT2D eigenvalue weighted by Crippen LogP contribution is 2.14. The van der Waals surface area contributed by atoms with Gasteiger partial charge in [-0.05, 0) is 73.1 Å². The minimum atomic E-state index is -1.16. The van der Waals surface area contributed by atoms with Crippen LogP contribution in [0.15, 0.2) is 60.2 Å². The molecular formula is C30H34F2O. The summed E-state index contributed by atoms with van der Waals surface area (Å²) in [6, 6.07) is 14.7. The number of benzene rings is 2. The van der Waals surface area contributed by atoms with Crippen LogP contribution < -0.4 is 4.74 Å². The van der Waals surface area contributed by atoms with Crippen LogP contribution in [0.3, 0.4) is 0 Å². The minimum Gasteiger partial charge on any atom is -0.494 e. The van der Waals surface area contributed by atoms with E-state index in [0.717, 1.165) is 31.4 Å². The van der Waals surface area contributed by atoms with Gasteiger partial charge in [0.25, 0.3) is 0 Å². The van der Waals surface area contributed by atoms with Gasteiger partial charge in [-0.1, -0.05) is 76.3 Å². The second kappa shape index (κ2) is 15.7. The van der Waals surface area contributed by atoms with Crippen LogP contribution in [0.5, 0.6) is 5.75 Å². The van der Waals surface area contributed by atoms with E-state index >= 15 is 0 Å². The molecule has 0 aromatic heterocycles. The Morgan fingerprint density at radius 2 is 1.18 bits per heavy atom. The second-order valence-electron chi connectivity index (χ2n) is 8.07. The molecule has 0 aliphatic carbocycles. The van der Waals surface area contributed by atoms with Gasteiger partial charge < -0.3 is 4.74 Å². The first-order valence-corrected chi connectivity index (χ1v) is 12.0. The van der Waals surface area contributed by atoms with Crippen molar-refractivity contribution in [1.82, 2.24) is 0 Å². The van der Waals surface area contributed by atoms with Crippen LogP contribution in [0.1, 0.15) is 81.9 Å². The van der Waals surface area contributed by atoms with Gasteiger partial charge in [0.2, 0.25) is 11.7 Å². The summed E-state index contributed by atoms with van der Waals surface area (Å²) in [4.78, 5) is 0. The van der Waals surface area contributed by atoms with E-state index in [9.17, 15) is 8.78 Å². The van der Waals surface area contributed by atoms with E-state index in [1.165, 1.54) is 37.7 Å². The third-order valence-electron chi connectivity index (χ3n) is 5.22. The topological polar surface area (TPSA) is 9.23 Å². The molecule has 0 saturated heterocycles. The molecule has 0 amide bonds. The van der Waals surface area contributed by atoms with E-state index in [1.54, 1.807) is 24.3 Å². The zero-order valence-corrected chi connectivity index (χ0v) is 19.9. The first-order chi connectivity index (χ1) is 16.1. The van der Waals surface area contributed by atoms with Gasteiger partial charge in [-0.3, -0.25) is 0 Å². The molecule has 2 aromatic rings. The predicted molar refractivity (Wildman–Crippen MR) is 133 cm³/mol. The smallest absolute Gasteiger partial charge is 0.217 e. The lowest BCUT2D eigenvalue weighted by Gasteiger charge is -2.05. The predicted octanol–water partition coefficient (Wildman–Crippen LogP) is 8.32. The molecule has 0 aliphatic rings. The van der Waals surface area contributed by atoms with Crippen molar-refractivity contribution in [1.29, 1.82) is 0 Å². The van der Waals surface area contributed by atoms with Crippen LogP contribution in [0, 0.1) is 23.7 Å². The first kappa shape index (κ1) is 26.2. The molecule has 0 spiro atoms. The van der Waals surface area contributed by atoms with Gasteiger partial charge in [-0.2, -0.15) is 8.78 Å². The Balaban J connectivity index is 1.88. The normalized spacial score (nSPS) is 11.0. The van der Waals surface area contributed by atoms with Gasteiger partial charge in [-0.15, -0.1) is 0 Å².